The lowest BCUT2D eigenvalue weighted by molar-refractivity contribution is -0.265. The van der Waals surface area contributed by atoms with Crippen LogP contribution in [0.3, 0.4) is 0 Å². The van der Waals surface area contributed by atoms with E-state index in [0.29, 0.717) is 6.07 Å². The van der Waals surface area contributed by atoms with E-state index in [9.17, 15) is 40.6 Å². The van der Waals surface area contributed by atoms with Gasteiger partial charge in [-0.15, -0.1) is 0 Å². The average molecular weight is 619 g/mol. The first-order chi connectivity index (χ1) is 20.1. The molecule has 232 valence electrons. The molecule has 4 rings (SSSR count). The van der Waals surface area contributed by atoms with E-state index in [1.165, 1.54) is 19.2 Å². The van der Waals surface area contributed by atoms with Crippen molar-refractivity contribution in [2.24, 2.45) is 5.73 Å². The van der Waals surface area contributed by atoms with Crippen molar-refractivity contribution < 1.29 is 60.0 Å². The SMILES string of the molecule is COc1cc(C(=O)NC[C@](O)(c2cc3c(c(-c4ccc(F)cc4)n2)OC[C@@]3(N)C(F)(F)F)C(F)(F)F)ccc1OCCO. The zero-order valence-corrected chi connectivity index (χ0v) is 22.1. The number of aliphatic hydroxyl groups is 2. The first kappa shape index (κ1) is 31.8. The van der Waals surface area contributed by atoms with Gasteiger partial charge in [-0.05, 0) is 48.5 Å². The number of pyridine rings is 1. The number of aromatic nitrogens is 1. The Morgan fingerprint density at radius 2 is 1.77 bits per heavy atom. The molecule has 2 aromatic carbocycles. The lowest BCUT2D eigenvalue weighted by atomic mass is 9.87. The molecule has 1 aliphatic heterocycles. The number of ether oxygens (including phenoxy) is 3. The fourth-order valence-electron chi connectivity index (χ4n) is 4.25. The summed E-state index contributed by atoms with van der Waals surface area (Å²) in [6, 6.07) is 7.77. The van der Waals surface area contributed by atoms with Gasteiger partial charge in [0.25, 0.3) is 5.91 Å². The van der Waals surface area contributed by atoms with Gasteiger partial charge in [0, 0.05) is 16.7 Å². The molecule has 16 heteroatoms. The Balaban J connectivity index is 1.78. The van der Waals surface area contributed by atoms with Crippen LogP contribution >= 0.6 is 0 Å². The normalized spacial score (nSPS) is 17.9. The van der Waals surface area contributed by atoms with Crippen molar-refractivity contribution in [2.75, 3.05) is 33.5 Å². The van der Waals surface area contributed by atoms with E-state index < -0.39 is 71.1 Å². The van der Waals surface area contributed by atoms with Crippen LogP contribution in [0, 0.1) is 5.82 Å². The zero-order valence-electron chi connectivity index (χ0n) is 22.1. The van der Waals surface area contributed by atoms with Crippen LogP contribution in [-0.4, -0.2) is 66.9 Å². The summed E-state index contributed by atoms with van der Waals surface area (Å²) < 4.78 is 114. The molecule has 0 unspecified atom stereocenters. The summed E-state index contributed by atoms with van der Waals surface area (Å²) in [5.74, 6) is -2.35. The molecule has 0 saturated carbocycles. The third kappa shape index (κ3) is 5.89. The van der Waals surface area contributed by atoms with Gasteiger partial charge < -0.3 is 35.5 Å². The Hall–Kier alpha value is -4.15. The van der Waals surface area contributed by atoms with Gasteiger partial charge in [0.05, 0.1) is 26.0 Å². The van der Waals surface area contributed by atoms with Crippen LogP contribution in [0.1, 0.15) is 21.6 Å². The zero-order chi connectivity index (χ0) is 31.8. The Kier molecular flexibility index (Phi) is 8.50. The average Bonchev–Trinajstić information content (AvgIpc) is 3.31. The molecule has 0 bridgehead atoms. The number of aliphatic hydroxyl groups excluding tert-OH is 1. The highest BCUT2D eigenvalue weighted by Crippen LogP contribution is 2.51. The summed E-state index contributed by atoms with van der Waals surface area (Å²) in [7, 11) is 1.23. The van der Waals surface area contributed by atoms with Crippen molar-refractivity contribution in [3.63, 3.8) is 0 Å². The molecule has 1 amide bonds. The Labute approximate surface area is 239 Å². The molecule has 1 aliphatic rings. The van der Waals surface area contributed by atoms with Crippen LogP contribution in [0.15, 0.2) is 48.5 Å². The summed E-state index contributed by atoms with van der Waals surface area (Å²) in [6.45, 7) is -3.23. The molecule has 43 heavy (non-hydrogen) atoms. The smallest absolute Gasteiger partial charge is 0.424 e. The lowest BCUT2D eigenvalue weighted by Crippen LogP contribution is -2.53. The summed E-state index contributed by atoms with van der Waals surface area (Å²) in [5.41, 5.74) is -4.90. The first-order valence-corrected chi connectivity index (χ1v) is 12.3. The molecular formula is C27H24F7N3O6. The summed E-state index contributed by atoms with van der Waals surface area (Å²) >= 11 is 0. The minimum absolute atomic E-state index is 0.00264. The molecule has 0 fully saturated rings. The number of nitrogens with zero attached hydrogens (tertiary/aromatic N) is 1. The van der Waals surface area contributed by atoms with Crippen molar-refractivity contribution in [2.45, 2.75) is 23.5 Å². The van der Waals surface area contributed by atoms with Gasteiger partial charge in [-0.2, -0.15) is 26.3 Å². The second-order valence-electron chi connectivity index (χ2n) is 9.48. The fraction of sp³-hybridized carbons (Fsp3) is 0.333. The Bertz CT molecular complexity index is 1500. The van der Waals surface area contributed by atoms with E-state index in [2.05, 4.69) is 4.98 Å². The molecule has 2 heterocycles. The predicted molar refractivity (Wildman–Crippen MR) is 135 cm³/mol. The molecule has 0 aliphatic carbocycles. The first-order valence-electron chi connectivity index (χ1n) is 12.3. The maximum Gasteiger partial charge on any atom is 0.424 e. The Morgan fingerprint density at radius 3 is 2.35 bits per heavy atom. The quantitative estimate of drug-likeness (QED) is 0.267. The fourth-order valence-corrected chi connectivity index (χ4v) is 4.25. The predicted octanol–water partition coefficient (Wildman–Crippen LogP) is 3.56. The van der Waals surface area contributed by atoms with Crippen LogP contribution in [0.2, 0.25) is 0 Å². The number of benzene rings is 2. The van der Waals surface area contributed by atoms with Crippen LogP contribution in [0.25, 0.3) is 11.3 Å². The highest BCUT2D eigenvalue weighted by molar-refractivity contribution is 5.95. The summed E-state index contributed by atoms with van der Waals surface area (Å²) in [5, 5.41) is 21.8. The number of rotatable bonds is 9. The molecule has 5 N–H and O–H groups in total. The van der Waals surface area contributed by atoms with E-state index in [1.807, 2.05) is 5.32 Å². The van der Waals surface area contributed by atoms with E-state index in [4.69, 9.17) is 25.1 Å². The highest BCUT2D eigenvalue weighted by Gasteiger charge is 2.61. The number of amides is 1. The molecular weight excluding hydrogens is 595 g/mol. The van der Waals surface area contributed by atoms with Crippen LogP contribution in [-0.2, 0) is 11.1 Å². The molecule has 9 nitrogen and oxygen atoms in total. The minimum atomic E-state index is -5.59. The van der Waals surface area contributed by atoms with Gasteiger partial charge in [0.15, 0.2) is 22.8 Å². The summed E-state index contributed by atoms with van der Waals surface area (Å²) in [6.07, 6.45) is -10.8. The molecule has 1 aromatic heterocycles. The number of hydrogen-bond acceptors (Lipinski definition) is 8. The number of nitrogens with one attached hydrogen (secondary N) is 1. The van der Waals surface area contributed by atoms with Gasteiger partial charge in [-0.25, -0.2) is 9.37 Å². The number of halogens is 7. The number of nitrogens with two attached hydrogens (primary N) is 1. The third-order valence-corrected chi connectivity index (χ3v) is 6.69. The van der Waals surface area contributed by atoms with E-state index >= 15 is 0 Å². The van der Waals surface area contributed by atoms with Gasteiger partial charge in [-0.1, -0.05) is 0 Å². The second-order valence-corrected chi connectivity index (χ2v) is 9.48. The Morgan fingerprint density at radius 1 is 1.09 bits per heavy atom. The molecule has 3 aromatic rings. The maximum absolute atomic E-state index is 14.5. The molecule has 0 saturated heterocycles. The lowest BCUT2D eigenvalue weighted by Gasteiger charge is -2.32. The number of alkyl halides is 6. The standard InChI is InChI=1S/C27H24F7N3O6/c1-41-19-10-15(4-7-18(19)42-9-8-38)23(39)36-12-25(40,27(32,33)34)20-11-17-22(43-13-24(17,35)26(29,30)31)21(37-20)14-2-5-16(28)6-3-14/h2-7,10-11,38,40H,8-9,12-13,35H2,1H3,(H,36,39)/t24-,25-/m0/s1. The molecule has 0 radical (unpaired) electrons. The van der Waals surface area contributed by atoms with E-state index in [-0.39, 0.29) is 35.8 Å². The topological polar surface area (TPSA) is 136 Å². The van der Waals surface area contributed by atoms with Crippen molar-refractivity contribution in [1.82, 2.24) is 10.3 Å². The maximum atomic E-state index is 14.5. The highest BCUT2D eigenvalue weighted by atomic mass is 19.4. The van der Waals surface area contributed by atoms with Crippen molar-refractivity contribution in [1.29, 1.82) is 0 Å². The van der Waals surface area contributed by atoms with Gasteiger partial charge in [0.2, 0.25) is 5.60 Å². The molecule has 2 atom stereocenters. The largest absolute Gasteiger partial charge is 0.493 e. The second kappa shape index (κ2) is 11.5. The van der Waals surface area contributed by atoms with Gasteiger partial charge in [-0.3, -0.25) is 4.79 Å². The van der Waals surface area contributed by atoms with Crippen molar-refractivity contribution >= 4 is 5.91 Å². The van der Waals surface area contributed by atoms with Crippen LogP contribution in [0.4, 0.5) is 30.7 Å². The van der Waals surface area contributed by atoms with Crippen LogP contribution < -0.4 is 25.3 Å². The number of carbonyl (C=O) groups excluding carboxylic acids is 1. The monoisotopic (exact) mass is 619 g/mol. The van der Waals surface area contributed by atoms with Crippen molar-refractivity contribution in [3.8, 4) is 28.5 Å². The van der Waals surface area contributed by atoms with Gasteiger partial charge >= 0.3 is 12.4 Å². The number of fused-ring (bicyclic) bond motifs is 1. The van der Waals surface area contributed by atoms with E-state index in [1.54, 1.807) is 0 Å². The third-order valence-electron chi connectivity index (χ3n) is 6.69. The number of methoxy groups -OCH3 is 1. The van der Waals surface area contributed by atoms with Crippen molar-refractivity contribution in [3.05, 3.63) is 71.2 Å². The van der Waals surface area contributed by atoms with E-state index in [0.717, 1.165) is 30.3 Å². The number of hydrogen-bond donors (Lipinski definition) is 4. The molecule has 0 spiro atoms. The number of carbonyl (C=O) groups is 1. The van der Waals surface area contributed by atoms with Crippen LogP contribution in [0.5, 0.6) is 17.2 Å². The minimum Gasteiger partial charge on any atom is -0.493 e. The van der Waals surface area contributed by atoms with Gasteiger partial charge in [0.1, 0.15) is 24.7 Å². The summed E-state index contributed by atoms with van der Waals surface area (Å²) in [4.78, 5) is 16.6.